The van der Waals surface area contributed by atoms with Crippen molar-refractivity contribution >= 4 is 10.9 Å². The Morgan fingerprint density at radius 1 is 1.09 bits per heavy atom. The van der Waals surface area contributed by atoms with Crippen LogP contribution in [0.3, 0.4) is 0 Å². The van der Waals surface area contributed by atoms with Crippen LogP contribution in [0.25, 0.3) is 22.4 Å². The molecule has 0 saturated carbocycles. The van der Waals surface area contributed by atoms with Crippen LogP contribution in [0.1, 0.15) is 16.7 Å². The zero-order chi connectivity index (χ0) is 15.8. The molecule has 0 atom stereocenters. The second kappa shape index (κ2) is 5.35. The van der Waals surface area contributed by atoms with Crippen molar-refractivity contribution in [1.29, 1.82) is 0 Å². The van der Waals surface area contributed by atoms with Crippen LogP contribution >= 0.6 is 0 Å². The Balaban J connectivity index is 1.93. The number of aromatic amines is 1. The number of benzene rings is 2. The van der Waals surface area contributed by atoms with Crippen molar-refractivity contribution in [2.24, 2.45) is 0 Å². The molecule has 4 aromatic rings. The van der Waals surface area contributed by atoms with E-state index < -0.39 is 0 Å². The number of aromatic nitrogens is 5. The summed E-state index contributed by atoms with van der Waals surface area (Å²) >= 11 is 0. The Morgan fingerprint density at radius 3 is 2.61 bits per heavy atom. The van der Waals surface area contributed by atoms with Gasteiger partial charge in [-0.25, -0.2) is 5.10 Å². The van der Waals surface area contributed by atoms with Gasteiger partial charge in [0.15, 0.2) is 5.82 Å². The van der Waals surface area contributed by atoms with E-state index in [1.165, 1.54) is 11.1 Å². The van der Waals surface area contributed by atoms with Crippen molar-refractivity contribution in [2.75, 3.05) is 0 Å². The van der Waals surface area contributed by atoms with Gasteiger partial charge in [-0.05, 0) is 41.5 Å². The van der Waals surface area contributed by atoms with E-state index >= 15 is 0 Å². The van der Waals surface area contributed by atoms with Crippen molar-refractivity contribution in [3.8, 4) is 11.5 Å². The summed E-state index contributed by atoms with van der Waals surface area (Å²) in [6, 6.07) is 16.8. The number of hydrogen-bond donors (Lipinski definition) is 1. The molecule has 2 aromatic carbocycles. The molecule has 0 aliphatic carbocycles. The Morgan fingerprint density at radius 2 is 1.87 bits per heavy atom. The van der Waals surface area contributed by atoms with Crippen molar-refractivity contribution in [3.05, 3.63) is 72.1 Å². The van der Waals surface area contributed by atoms with E-state index in [-0.39, 0.29) is 0 Å². The minimum Gasteiger partial charge on any atom is -0.333 e. The average Bonchev–Trinajstić information content (AvgIpc) is 3.18. The molecule has 0 amide bonds. The van der Waals surface area contributed by atoms with E-state index in [9.17, 15) is 0 Å². The third-order valence-electron chi connectivity index (χ3n) is 4.11. The zero-order valence-corrected chi connectivity index (χ0v) is 12.8. The lowest BCUT2D eigenvalue weighted by molar-refractivity contribution is 0.835. The number of H-pyrrole nitrogens is 1. The molecule has 4 rings (SSSR count). The fourth-order valence-electron chi connectivity index (χ4n) is 2.95. The monoisotopic (exact) mass is 302 g/mol. The van der Waals surface area contributed by atoms with Gasteiger partial charge < -0.3 is 4.57 Å². The highest BCUT2D eigenvalue weighted by Crippen LogP contribution is 2.31. The van der Waals surface area contributed by atoms with Crippen LogP contribution in [0.4, 0.5) is 0 Å². The molecule has 5 heteroatoms. The first-order valence-electron chi connectivity index (χ1n) is 7.47. The molecule has 1 N–H and O–H groups in total. The maximum absolute atomic E-state index is 4.24. The summed E-state index contributed by atoms with van der Waals surface area (Å²) in [6.07, 6.45) is 0. The summed E-state index contributed by atoms with van der Waals surface area (Å²) in [4.78, 5) is 0. The largest absolute Gasteiger partial charge is 0.333 e. The summed E-state index contributed by atoms with van der Waals surface area (Å²) in [5.41, 5.74) is 5.47. The molecule has 0 unspecified atom stereocenters. The molecule has 0 spiro atoms. The molecular weight excluding hydrogens is 286 g/mol. The number of rotatable bonds is 3. The molecule has 0 aliphatic heterocycles. The van der Waals surface area contributed by atoms with Gasteiger partial charge in [0, 0.05) is 17.4 Å². The summed E-state index contributed by atoms with van der Waals surface area (Å²) in [7, 11) is 0. The van der Waals surface area contributed by atoms with E-state index in [4.69, 9.17) is 0 Å². The van der Waals surface area contributed by atoms with Crippen LogP contribution in [-0.4, -0.2) is 25.2 Å². The highest BCUT2D eigenvalue weighted by molar-refractivity contribution is 5.91. The maximum atomic E-state index is 4.24. The Labute approximate surface area is 134 Å². The van der Waals surface area contributed by atoms with Crippen molar-refractivity contribution in [2.45, 2.75) is 13.5 Å². The molecule has 5 nitrogen and oxygen atoms in total. The van der Waals surface area contributed by atoms with E-state index in [0.717, 1.165) is 28.7 Å². The lowest BCUT2D eigenvalue weighted by Crippen LogP contribution is -2.03. The second-order valence-electron chi connectivity index (χ2n) is 5.67. The van der Waals surface area contributed by atoms with E-state index in [2.05, 4.69) is 75.4 Å². The molecule has 113 valence electrons. The van der Waals surface area contributed by atoms with Crippen LogP contribution in [-0.2, 0) is 6.54 Å². The SMILES string of the molecule is [CH2]c1c(-c2nnn[nH]2)n(Cc2ccc(C)cc2)c2ccccc12. The number of fused-ring (bicyclic) bond motifs is 1. The zero-order valence-electron chi connectivity index (χ0n) is 12.8. The lowest BCUT2D eigenvalue weighted by Gasteiger charge is -2.10. The van der Waals surface area contributed by atoms with Gasteiger partial charge in [-0.1, -0.05) is 48.0 Å². The van der Waals surface area contributed by atoms with E-state index in [0.29, 0.717) is 5.82 Å². The first kappa shape index (κ1) is 13.7. The highest BCUT2D eigenvalue weighted by Gasteiger charge is 2.18. The summed E-state index contributed by atoms with van der Waals surface area (Å²) in [6.45, 7) is 7.08. The van der Waals surface area contributed by atoms with Crippen molar-refractivity contribution in [1.82, 2.24) is 25.2 Å². The van der Waals surface area contributed by atoms with Gasteiger partial charge >= 0.3 is 0 Å². The molecule has 1 radical (unpaired) electrons. The predicted octanol–water partition coefficient (Wildman–Crippen LogP) is 3.36. The standard InChI is InChI=1S/C18H16N5/c1-12-7-9-14(10-8-12)11-23-16-6-4-3-5-15(16)13(2)17(23)18-19-21-22-20-18/h3-10H,2,11H2,1H3,(H,19,20,21,22). The first-order chi connectivity index (χ1) is 11.2. The Bertz CT molecular complexity index is 949. The fourth-order valence-corrected chi connectivity index (χ4v) is 2.95. The third-order valence-corrected chi connectivity index (χ3v) is 4.11. The molecule has 0 bridgehead atoms. The first-order valence-corrected chi connectivity index (χ1v) is 7.47. The fraction of sp³-hybridized carbons (Fsp3) is 0.111. The van der Waals surface area contributed by atoms with Crippen LogP contribution in [0, 0.1) is 13.8 Å². The number of nitrogens with zero attached hydrogens (tertiary/aromatic N) is 4. The number of para-hydroxylation sites is 1. The topological polar surface area (TPSA) is 59.4 Å². The molecule has 23 heavy (non-hydrogen) atoms. The number of tetrazole rings is 1. The highest BCUT2D eigenvalue weighted by atomic mass is 15.5. The van der Waals surface area contributed by atoms with Crippen molar-refractivity contribution in [3.63, 3.8) is 0 Å². The van der Waals surface area contributed by atoms with Gasteiger partial charge in [0.1, 0.15) is 0 Å². The lowest BCUT2D eigenvalue weighted by atomic mass is 10.1. The van der Waals surface area contributed by atoms with Gasteiger partial charge in [0.05, 0.1) is 5.69 Å². The number of aryl methyl sites for hydroxylation is 1. The molecule has 0 fully saturated rings. The van der Waals surface area contributed by atoms with Crippen molar-refractivity contribution < 1.29 is 0 Å². The number of hydrogen-bond acceptors (Lipinski definition) is 3. The van der Waals surface area contributed by atoms with Gasteiger partial charge in [-0.3, -0.25) is 0 Å². The molecule has 2 heterocycles. The smallest absolute Gasteiger partial charge is 0.196 e. The van der Waals surface area contributed by atoms with E-state index in [1.54, 1.807) is 0 Å². The Kier molecular flexibility index (Phi) is 3.19. The number of nitrogens with one attached hydrogen (secondary N) is 1. The third kappa shape index (κ3) is 2.30. The maximum Gasteiger partial charge on any atom is 0.196 e. The quantitative estimate of drug-likeness (QED) is 0.631. The minimum atomic E-state index is 0.637. The summed E-state index contributed by atoms with van der Waals surface area (Å²) in [5, 5.41) is 15.5. The summed E-state index contributed by atoms with van der Waals surface area (Å²) in [5.74, 6) is 0.637. The van der Waals surface area contributed by atoms with Crippen LogP contribution in [0.2, 0.25) is 0 Å². The van der Waals surface area contributed by atoms with Gasteiger partial charge in [0.25, 0.3) is 0 Å². The molecule has 0 saturated heterocycles. The van der Waals surface area contributed by atoms with Crippen LogP contribution < -0.4 is 0 Å². The minimum absolute atomic E-state index is 0.637. The second-order valence-corrected chi connectivity index (χ2v) is 5.67. The molecular formula is C18H16N5. The van der Waals surface area contributed by atoms with E-state index in [1.807, 2.05) is 12.1 Å². The van der Waals surface area contributed by atoms with Gasteiger partial charge in [-0.2, -0.15) is 0 Å². The normalized spacial score (nSPS) is 11.2. The van der Waals surface area contributed by atoms with Crippen LogP contribution in [0.5, 0.6) is 0 Å². The van der Waals surface area contributed by atoms with Crippen LogP contribution in [0.15, 0.2) is 48.5 Å². The van der Waals surface area contributed by atoms with Gasteiger partial charge in [0.2, 0.25) is 0 Å². The summed E-state index contributed by atoms with van der Waals surface area (Å²) < 4.78 is 2.21. The molecule has 2 aromatic heterocycles. The molecule has 0 aliphatic rings. The Hall–Kier alpha value is -2.95. The van der Waals surface area contributed by atoms with Gasteiger partial charge in [-0.15, -0.1) is 5.10 Å². The predicted molar refractivity (Wildman–Crippen MR) is 89.8 cm³/mol. The average molecular weight is 302 g/mol.